The highest BCUT2D eigenvalue weighted by Crippen LogP contribution is 2.15. The Morgan fingerprint density at radius 3 is 2.90 bits per heavy atom. The molecule has 0 aromatic heterocycles. The number of aliphatic imine (C=N–C) groups is 1. The first-order valence-electron chi connectivity index (χ1n) is 8.49. The SMILES string of the molecule is CCNC(=NCCCOC)NCCCN1CCCC(C)C1. The van der Waals surface area contributed by atoms with Crippen LogP contribution in [0.15, 0.2) is 4.99 Å². The third kappa shape index (κ3) is 8.94. The minimum atomic E-state index is 0.774. The lowest BCUT2D eigenvalue weighted by Gasteiger charge is -2.30. The van der Waals surface area contributed by atoms with Crippen LogP contribution in [0.5, 0.6) is 0 Å². The Balaban J connectivity index is 2.14. The maximum absolute atomic E-state index is 5.04. The summed E-state index contributed by atoms with van der Waals surface area (Å²) in [6.07, 6.45) is 4.90. The molecule has 1 heterocycles. The molecule has 1 rings (SSSR count). The summed E-state index contributed by atoms with van der Waals surface area (Å²) in [5.74, 6) is 1.80. The number of rotatable bonds is 9. The Morgan fingerprint density at radius 2 is 2.19 bits per heavy atom. The average molecular weight is 298 g/mol. The molecule has 0 aromatic rings. The fraction of sp³-hybridized carbons (Fsp3) is 0.938. The molecule has 1 atom stereocenters. The molecule has 1 saturated heterocycles. The normalized spacial score (nSPS) is 20.5. The summed E-state index contributed by atoms with van der Waals surface area (Å²) in [4.78, 5) is 7.14. The fourth-order valence-corrected chi connectivity index (χ4v) is 2.74. The number of likely N-dealkylation sites (tertiary alicyclic amines) is 1. The summed E-state index contributed by atoms with van der Waals surface area (Å²) >= 11 is 0. The van der Waals surface area contributed by atoms with Crippen molar-refractivity contribution >= 4 is 5.96 Å². The number of nitrogens with one attached hydrogen (secondary N) is 2. The van der Waals surface area contributed by atoms with Crippen molar-refractivity contribution in [2.24, 2.45) is 10.9 Å². The van der Waals surface area contributed by atoms with Gasteiger partial charge in [0.15, 0.2) is 5.96 Å². The Morgan fingerprint density at radius 1 is 1.33 bits per heavy atom. The van der Waals surface area contributed by atoms with Gasteiger partial charge in [0.1, 0.15) is 0 Å². The molecule has 0 saturated carbocycles. The van der Waals surface area contributed by atoms with Crippen molar-refractivity contribution in [1.29, 1.82) is 0 Å². The maximum atomic E-state index is 5.04. The second-order valence-corrected chi connectivity index (χ2v) is 5.94. The number of hydrogen-bond acceptors (Lipinski definition) is 3. The molecule has 0 aromatic carbocycles. The second kappa shape index (κ2) is 11.8. The van der Waals surface area contributed by atoms with Crippen LogP contribution in [0, 0.1) is 5.92 Å². The van der Waals surface area contributed by atoms with Crippen molar-refractivity contribution in [2.75, 3.05) is 53.0 Å². The quantitative estimate of drug-likeness (QED) is 0.386. The molecule has 5 heteroatoms. The molecule has 0 amide bonds. The number of methoxy groups -OCH3 is 1. The Bertz CT molecular complexity index is 283. The van der Waals surface area contributed by atoms with Crippen LogP contribution < -0.4 is 10.6 Å². The minimum Gasteiger partial charge on any atom is -0.385 e. The molecule has 5 nitrogen and oxygen atoms in total. The first kappa shape index (κ1) is 18.2. The average Bonchev–Trinajstić information content (AvgIpc) is 2.48. The minimum absolute atomic E-state index is 0.774. The van der Waals surface area contributed by atoms with Gasteiger partial charge < -0.3 is 20.3 Å². The van der Waals surface area contributed by atoms with E-state index in [9.17, 15) is 0 Å². The highest BCUT2D eigenvalue weighted by molar-refractivity contribution is 5.79. The van der Waals surface area contributed by atoms with Crippen LogP contribution in [0.1, 0.15) is 39.5 Å². The van der Waals surface area contributed by atoms with Crippen LogP contribution in [0.3, 0.4) is 0 Å². The summed E-state index contributed by atoms with van der Waals surface area (Å²) in [6, 6.07) is 0. The molecular weight excluding hydrogens is 264 g/mol. The fourth-order valence-electron chi connectivity index (χ4n) is 2.74. The molecule has 0 radical (unpaired) electrons. The van der Waals surface area contributed by atoms with Gasteiger partial charge in [0.25, 0.3) is 0 Å². The van der Waals surface area contributed by atoms with Crippen LogP contribution in [-0.2, 0) is 4.74 Å². The molecule has 0 aliphatic carbocycles. The van der Waals surface area contributed by atoms with E-state index in [1.807, 2.05) is 0 Å². The summed E-state index contributed by atoms with van der Waals surface area (Å²) < 4.78 is 5.04. The molecule has 2 N–H and O–H groups in total. The zero-order valence-electron chi connectivity index (χ0n) is 14.2. The van der Waals surface area contributed by atoms with E-state index in [1.165, 1.54) is 38.9 Å². The van der Waals surface area contributed by atoms with Gasteiger partial charge in [-0.05, 0) is 51.6 Å². The van der Waals surface area contributed by atoms with Gasteiger partial charge >= 0.3 is 0 Å². The van der Waals surface area contributed by atoms with E-state index < -0.39 is 0 Å². The molecule has 1 fully saturated rings. The molecular formula is C16H34N4O. The van der Waals surface area contributed by atoms with Crippen molar-refractivity contribution in [3.8, 4) is 0 Å². The van der Waals surface area contributed by atoms with Crippen LogP contribution in [-0.4, -0.2) is 63.8 Å². The Hall–Kier alpha value is -0.810. The Kier molecular flexibility index (Phi) is 10.3. The third-order valence-corrected chi connectivity index (χ3v) is 3.81. The second-order valence-electron chi connectivity index (χ2n) is 5.94. The van der Waals surface area contributed by atoms with Gasteiger partial charge in [0.2, 0.25) is 0 Å². The molecule has 0 bridgehead atoms. The number of nitrogens with zero attached hydrogens (tertiary/aromatic N) is 2. The summed E-state index contributed by atoms with van der Waals surface area (Å²) in [5, 5.41) is 6.71. The lowest BCUT2D eigenvalue weighted by molar-refractivity contribution is 0.182. The van der Waals surface area contributed by atoms with Gasteiger partial charge in [0, 0.05) is 39.9 Å². The maximum Gasteiger partial charge on any atom is 0.191 e. The standard InChI is InChI=1S/C16H34N4O/c1-4-17-16(19-10-7-13-21-3)18-9-6-12-20-11-5-8-15(2)14-20/h15H,4-14H2,1-3H3,(H2,17,18,19). The van der Waals surface area contributed by atoms with E-state index in [1.54, 1.807) is 7.11 Å². The largest absolute Gasteiger partial charge is 0.385 e. The molecule has 124 valence electrons. The van der Waals surface area contributed by atoms with Crippen LogP contribution in [0.25, 0.3) is 0 Å². The molecule has 21 heavy (non-hydrogen) atoms. The van der Waals surface area contributed by atoms with Gasteiger partial charge in [-0.1, -0.05) is 6.92 Å². The van der Waals surface area contributed by atoms with Crippen molar-refractivity contribution in [1.82, 2.24) is 15.5 Å². The van der Waals surface area contributed by atoms with E-state index >= 15 is 0 Å². The van der Waals surface area contributed by atoms with Crippen LogP contribution >= 0.6 is 0 Å². The lowest BCUT2D eigenvalue weighted by Crippen LogP contribution is -2.40. The summed E-state index contributed by atoms with van der Waals surface area (Å²) in [5.41, 5.74) is 0. The molecule has 0 spiro atoms. The lowest BCUT2D eigenvalue weighted by atomic mass is 10.0. The molecule has 1 aliphatic heterocycles. The third-order valence-electron chi connectivity index (χ3n) is 3.81. The topological polar surface area (TPSA) is 48.9 Å². The zero-order valence-corrected chi connectivity index (χ0v) is 14.2. The first-order chi connectivity index (χ1) is 10.3. The van der Waals surface area contributed by atoms with Gasteiger partial charge in [-0.3, -0.25) is 4.99 Å². The smallest absolute Gasteiger partial charge is 0.191 e. The molecule has 1 aliphatic rings. The highest BCUT2D eigenvalue weighted by atomic mass is 16.5. The highest BCUT2D eigenvalue weighted by Gasteiger charge is 2.15. The number of ether oxygens (including phenoxy) is 1. The summed E-state index contributed by atoms with van der Waals surface area (Å²) in [7, 11) is 1.73. The van der Waals surface area contributed by atoms with Gasteiger partial charge in [0.05, 0.1) is 0 Å². The monoisotopic (exact) mass is 298 g/mol. The van der Waals surface area contributed by atoms with Gasteiger partial charge in [-0.2, -0.15) is 0 Å². The van der Waals surface area contributed by atoms with Gasteiger partial charge in [-0.25, -0.2) is 0 Å². The first-order valence-corrected chi connectivity index (χ1v) is 8.49. The van der Waals surface area contributed by atoms with Crippen LogP contribution in [0.4, 0.5) is 0 Å². The van der Waals surface area contributed by atoms with E-state index in [2.05, 4.69) is 34.4 Å². The van der Waals surface area contributed by atoms with Gasteiger partial charge in [-0.15, -0.1) is 0 Å². The van der Waals surface area contributed by atoms with E-state index in [4.69, 9.17) is 4.74 Å². The predicted octanol–water partition coefficient (Wildman–Crippen LogP) is 1.70. The van der Waals surface area contributed by atoms with Crippen LogP contribution in [0.2, 0.25) is 0 Å². The zero-order chi connectivity index (χ0) is 15.3. The van der Waals surface area contributed by atoms with E-state index in [-0.39, 0.29) is 0 Å². The number of hydrogen-bond donors (Lipinski definition) is 2. The summed E-state index contributed by atoms with van der Waals surface area (Å²) in [6.45, 7) is 11.7. The van der Waals surface area contributed by atoms with E-state index in [0.717, 1.165) is 44.5 Å². The molecule has 1 unspecified atom stereocenters. The Labute approximate surface area is 130 Å². The number of piperidine rings is 1. The van der Waals surface area contributed by atoms with Crippen molar-refractivity contribution in [2.45, 2.75) is 39.5 Å². The predicted molar refractivity (Wildman–Crippen MR) is 89.9 cm³/mol. The van der Waals surface area contributed by atoms with Crippen molar-refractivity contribution in [3.63, 3.8) is 0 Å². The van der Waals surface area contributed by atoms with Crippen molar-refractivity contribution in [3.05, 3.63) is 0 Å². The van der Waals surface area contributed by atoms with Crippen molar-refractivity contribution < 1.29 is 4.74 Å². The number of guanidine groups is 1. The van der Waals surface area contributed by atoms with E-state index in [0.29, 0.717) is 0 Å².